The van der Waals surface area contributed by atoms with Crippen LogP contribution in [0.5, 0.6) is 5.75 Å². The molecule has 4 nitrogen and oxygen atoms in total. The van der Waals surface area contributed by atoms with Gasteiger partial charge in [0.1, 0.15) is 5.75 Å². The van der Waals surface area contributed by atoms with Crippen molar-refractivity contribution < 1.29 is 14.3 Å². The number of carbonyl (C=O) groups excluding carboxylic acids is 1. The molecule has 1 fully saturated rings. The van der Waals surface area contributed by atoms with E-state index in [0.29, 0.717) is 5.02 Å². The Kier molecular flexibility index (Phi) is 5.26. The zero-order chi connectivity index (χ0) is 14.5. The summed E-state index contributed by atoms with van der Waals surface area (Å²) in [7, 11) is 3.11. The number of carbonyl (C=O) groups is 1. The fraction of sp³-hybridized carbons (Fsp3) is 0.533. The van der Waals surface area contributed by atoms with Crippen molar-refractivity contribution in [2.75, 3.05) is 27.3 Å². The summed E-state index contributed by atoms with van der Waals surface area (Å²) in [6.45, 7) is 2.56. The number of esters is 1. The standard InChI is InChI=1S/C15H20ClNO3/c1-19-14-4-3-13(16)9-12(14)10-17-7-5-11(6-8-17)15(18)20-2/h3-4,9,11H,5-8,10H2,1-2H3. The lowest BCUT2D eigenvalue weighted by molar-refractivity contribution is -0.147. The van der Waals surface area contributed by atoms with E-state index in [2.05, 4.69) is 4.90 Å². The molecule has 1 saturated heterocycles. The number of halogens is 1. The molecule has 0 N–H and O–H groups in total. The molecular weight excluding hydrogens is 278 g/mol. The molecule has 1 aromatic rings. The van der Waals surface area contributed by atoms with E-state index < -0.39 is 0 Å². The average molecular weight is 298 g/mol. The van der Waals surface area contributed by atoms with Gasteiger partial charge in [-0.25, -0.2) is 0 Å². The Morgan fingerprint density at radius 2 is 2.05 bits per heavy atom. The first-order valence-corrected chi connectivity index (χ1v) is 7.14. The van der Waals surface area contributed by atoms with Crippen LogP contribution in [0.25, 0.3) is 0 Å². The molecule has 110 valence electrons. The Morgan fingerprint density at radius 1 is 1.35 bits per heavy atom. The van der Waals surface area contributed by atoms with Crippen LogP contribution in [0.2, 0.25) is 5.02 Å². The first-order valence-electron chi connectivity index (χ1n) is 6.76. The molecule has 0 aliphatic carbocycles. The molecule has 0 bridgehead atoms. The molecule has 0 spiro atoms. The van der Waals surface area contributed by atoms with Gasteiger partial charge >= 0.3 is 5.97 Å². The van der Waals surface area contributed by atoms with Crippen molar-refractivity contribution in [2.45, 2.75) is 19.4 Å². The van der Waals surface area contributed by atoms with Crippen molar-refractivity contribution >= 4 is 17.6 Å². The minimum absolute atomic E-state index is 0.0394. The summed E-state index contributed by atoms with van der Waals surface area (Å²) in [5, 5.41) is 0.713. The maximum Gasteiger partial charge on any atom is 0.308 e. The van der Waals surface area contributed by atoms with E-state index in [0.717, 1.165) is 43.8 Å². The third-order valence-electron chi connectivity index (χ3n) is 3.76. The molecule has 0 aromatic heterocycles. The highest BCUT2D eigenvalue weighted by molar-refractivity contribution is 6.30. The van der Waals surface area contributed by atoms with Gasteiger partial charge in [-0.05, 0) is 44.1 Å². The third-order valence-corrected chi connectivity index (χ3v) is 3.99. The van der Waals surface area contributed by atoms with Crippen molar-refractivity contribution in [3.05, 3.63) is 28.8 Å². The van der Waals surface area contributed by atoms with Crippen LogP contribution in [0.15, 0.2) is 18.2 Å². The molecule has 20 heavy (non-hydrogen) atoms. The van der Waals surface area contributed by atoms with Crippen LogP contribution in [-0.2, 0) is 16.1 Å². The number of methoxy groups -OCH3 is 2. The van der Waals surface area contributed by atoms with E-state index in [1.54, 1.807) is 7.11 Å². The molecule has 0 amide bonds. The largest absolute Gasteiger partial charge is 0.496 e. The molecule has 1 heterocycles. The lowest BCUT2D eigenvalue weighted by Crippen LogP contribution is -2.36. The molecule has 0 atom stereocenters. The van der Waals surface area contributed by atoms with E-state index in [4.69, 9.17) is 21.1 Å². The van der Waals surface area contributed by atoms with Crippen molar-refractivity contribution in [3.8, 4) is 5.75 Å². The van der Waals surface area contributed by atoms with Crippen LogP contribution in [0, 0.1) is 5.92 Å². The monoisotopic (exact) mass is 297 g/mol. The van der Waals surface area contributed by atoms with E-state index in [1.807, 2.05) is 18.2 Å². The lowest BCUT2D eigenvalue weighted by Gasteiger charge is -2.30. The maximum atomic E-state index is 11.5. The maximum absolute atomic E-state index is 11.5. The van der Waals surface area contributed by atoms with Crippen molar-refractivity contribution in [1.82, 2.24) is 4.90 Å². The third kappa shape index (κ3) is 3.64. The Hall–Kier alpha value is -1.26. The molecule has 0 radical (unpaired) electrons. The van der Waals surface area contributed by atoms with E-state index in [9.17, 15) is 4.79 Å². The van der Waals surface area contributed by atoms with Gasteiger partial charge in [-0.15, -0.1) is 0 Å². The van der Waals surface area contributed by atoms with Crippen LogP contribution in [-0.4, -0.2) is 38.2 Å². The van der Waals surface area contributed by atoms with Gasteiger partial charge in [0, 0.05) is 17.1 Å². The highest BCUT2D eigenvalue weighted by atomic mass is 35.5. The summed E-state index contributed by atoms with van der Waals surface area (Å²) >= 11 is 6.04. The minimum atomic E-state index is -0.0926. The summed E-state index contributed by atoms with van der Waals surface area (Å²) in [5.41, 5.74) is 1.08. The number of likely N-dealkylation sites (tertiary alicyclic amines) is 1. The van der Waals surface area contributed by atoms with Crippen molar-refractivity contribution in [3.63, 3.8) is 0 Å². The fourth-order valence-corrected chi connectivity index (χ4v) is 2.80. The summed E-state index contributed by atoms with van der Waals surface area (Å²) in [6.07, 6.45) is 1.69. The molecular formula is C15H20ClNO3. The second kappa shape index (κ2) is 6.95. The lowest BCUT2D eigenvalue weighted by atomic mass is 9.96. The Labute approximate surface area is 124 Å². The summed E-state index contributed by atoms with van der Waals surface area (Å²) in [5.74, 6) is 0.798. The number of benzene rings is 1. The second-order valence-electron chi connectivity index (χ2n) is 5.03. The number of nitrogens with zero attached hydrogens (tertiary/aromatic N) is 1. The Morgan fingerprint density at radius 3 is 2.65 bits per heavy atom. The Bertz CT molecular complexity index is 470. The second-order valence-corrected chi connectivity index (χ2v) is 5.47. The number of piperidine rings is 1. The van der Waals surface area contributed by atoms with Gasteiger partial charge in [-0.1, -0.05) is 11.6 Å². The van der Waals surface area contributed by atoms with E-state index >= 15 is 0 Å². The smallest absolute Gasteiger partial charge is 0.308 e. The highest BCUT2D eigenvalue weighted by Crippen LogP contribution is 2.26. The van der Waals surface area contributed by atoms with Crippen molar-refractivity contribution in [2.24, 2.45) is 5.92 Å². The quantitative estimate of drug-likeness (QED) is 0.801. The Balaban J connectivity index is 1.96. The first-order chi connectivity index (χ1) is 9.63. The van der Waals surface area contributed by atoms with Crippen LogP contribution >= 0.6 is 11.6 Å². The molecule has 1 aliphatic rings. The number of ether oxygens (including phenoxy) is 2. The minimum Gasteiger partial charge on any atom is -0.496 e. The first kappa shape index (κ1) is 15.1. The van der Waals surface area contributed by atoms with Crippen LogP contribution in [0.1, 0.15) is 18.4 Å². The van der Waals surface area contributed by atoms with Crippen LogP contribution in [0.4, 0.5) is 0 Å². The van der Waals surface area contributed by atoms with E-state index in [-0.39, 0.29) is 11.9 Å². The SMILES string of the molecule is COC(=O)C1CCN(Cc2cc(Cl)ccc2OC)CC1. The topological polar surface area (TPSA) is 38.8 Å². The molecule has 5 heteroatoms. The fourth-order valence-electron chi connectivity index (χ4n) is 2.61. The number of hydrogen-bond acceptors (Lipinski definition) is 4. The zero-order valence-electron chi connectivity index (χ0n) is 11.9. The van der Waals surface area contributed by atoms with Crippen LogP contribution in [0.3, 0.4) is 0 Å². The predicted octanol–water partition coefficient (Wildman–Crippen LogP) is 2.73. The zero-order valence-corrected chi connectivity index (χ0v) is 12.7. The molecule has 2 rings (SSSR count). The molecule has 0 unspecified atom stereocenters. The van der Waals surface area contributed by atoms with Crippen LogP contribution < -0.4 is 4.74 Å². The van der Waals surface area contributed by atoms with Gasteiger partial charge in [0.25, 0.3) is 0 Å². The number of hydrogen-bond donors (Lipinski definition) is 0. The molecule has 0 saturated carbocycles. The van der Waals surface area contributed by atoms with Gasteiger partial charge < -0.3 is 9.47 Å². The van der Waals surface area contributed by atoms with Gasteiger partial charge in [0.15, 0.2) is 0 Å². The summed E-state index contributed by atoms with van der Waals surface area (Å²) < 4.78 is 10.2. The van der Waals surface area contributed by atoms with Gasteiger partial charge in [-0.3, -0.25) is 9.69 Å². The average Bonchev–Trinajstić information content (AvgIpc) is 2.47. The highest BCUT2D eigenvalue weighted by Gasteiger charge is 2.25. The van der Waals surface area contributed by atoms with Gasteiger partial charge in [0.05, 0.1) is 20.1 Å². The molecule has 1 aliphatic heterocycles. The summed E-state index contributed by atoms with van der Waals surface area (Å²) in [4.78, 5) is 13.8. The number of rotatable bonds is 4. The van der Waals surface area contributed by atoms with Crippen molar-refractivity contribution in [1.29, 1.82) is 0 Å². The van der Waals surface area contributed by atoms with Gasteiger partial charge in [0.2, 0.25) is 0 Å². The predicted molar refractivity (Wildman–Crippen MR) is 78.0 cm³/mol. The van der Waals surface area contributed by atoms with Gasteiger partial charge in [-0.2, -0.15) is 0 Å². The molecule has 1 aromatic carbocycles. The summed E-state index contributed by atoms with van der Waals surface area (Å²) in [6, 6.07) is 5.65. The normalized spacial score (nSPS) is 16.9. The van der Waals surface area contributed by atoms with E-state index in [1.165, 1.54) is 7.11 Å².